The molecule has 0 bridgehead atoms. The van der Waals surface area contributed by atoms with E-state index in [0.29, 0.717) is 28.7 Å². The molecule has 9 nitrogen and oxygen atoms in total. The highest BCUT2D eigenvalue weighted by Crippen LogP contribution is 2.45. The molecule has 1 amide bonds. The third-order valence-corrected chi connectivity index (χ3v) is 5.94. The van der Waals surface area contributed by atoms with Crippen LogP contribution >= 0.6 is 11.5 Å². The van der Waals surface area contributed by atoms with Crippen LogP contribution in [0.4, 0.5) is 5.69 Å². The molecule has 1 aromatic heterocycles. The monoisotopic (exact) mass is 473 g/mol. The predicted molar refractivity (Wildman–Crippen MR) is 127 cm³/mol. The van der Waals surface area contributed by atoms with Crippen LogP contribution in [-0.2, 0) is 4.79 Å². The minimum absolute atomic E-state index is 0.429. The number of aliphatic hydroxyl groups excluding tert-OH is 1. The van der Waals surface area contributed by atoms with Gasteiger partial charge in [-0.25, -0.2) is 0 Å². The topological polar surface area (TPSA) is 125 Å². The molecule has 0 spiro atoms. The van der Waals surface area contributed by atoms with Crippen LogP contribution in [0.15, 0.2) is 36.5 Å². The maximum absolute atomic E-state index is 12.4. The molecular formula is C23H27N3O6S. The molecule has 0 aliphatic rings. The molecule has 176 valence electrons. The van der Waals surface area contributed by atoms with Gasteiger partial charge in [-0.2, -0.15) is 4.37 Å². The van der Waals surface area contributed by atoms with E-state index in [9.17, 15) is 9.90 Å². The van der Waals surface area contributed by atoms with Gasteiger partial charge >= 0.3 is 0 Å². The maximum atomic E-state index is 12.4. The van der Waals surface area contributed by atoms with E-state index in [-0.39, 0.29) is 0 Å². The minimum atomic E-state index is -1.07. The van der Waals surface area contributed by atoms with E-state index in [1.165, 1.54) is 25.6 Å². The van der Waals surface area contributed by atoms with Crippen molar-refractivity contribution in [2.24, 2.45) is 5.73 Å². The van der Waals surface area contributed by atoms with Crippen molar-refractivity contribution >= 4 is 23.1 Å². The van der Waals surface area contributed by atoms with E-state index in [2.05, 4.69) is 9.69 Å². The molecule has 0 saturated heterocycles. The van der Waals surface area contributed by atoms with Gasteiger partial charge in [0.2, 0.25) is 11.7 Å². The largest absolute Gasteiger partial charge is 0.495 e. The number of anilines is 1. The van der Waals surface area contributed by atoms with Crippen LogP contribution in [0.25, 0.3) is 21.6 Å². The standard InChI is InChI=1S/C23H27N3O6S/c1-12(27)20(24)23(28)26-16-8-13(6-7-17(16)29-2)15-11-25-33-22(15)14-9-18(30-3)21(32-5)19(10-14)31-4/h6-12,20,27H,24H2,1-5H3,(H,26,28). The van der Waals surface area contributed by atoms with Crippen molar-refractivity contribution in [3.05, 3.63) is 36.5 Å². The maximum Gasteiger partial charge on any atom is 0.244 e. The molecule has 0 saturated carbocycles. The van der Waals surface area contributed by atoms with Crippen molar-refractivity contribution in [2.45, 2.75) is 19.1 Å². The molecule has 0 aliphatic carbocycles. The number of rotatable bonds is 9. The summed E-state index contributed by atoms with van der Waals surface area (Å²) >= 11 is 1.31. The number of aromatic nitrogens is 1. The van der Waals surface area contributed by atoms with Gasteiger partial charge in [0.1, 0.15) is 11.8 Å². The highest BCUT2D eigenvalue weighted by atomic mass is 32.1. The van der Waals surface area contributed by atoms with Crippen LogP contribution in [0.2, 0.25) is 0 Å². The van der Waals surface area contributed by atoms with Gasteiger partial charge in [0.05, 0.1) is 45.1 Å². The molecule has 0 aliphatic heterocycles. The second-order valence-corrected chi connectivity index (χ2v) is 7.95. The Balaban J connectivity index is 2.06. The first kappa shape index (κ1) is 24.3. The minimum Gasteiger partial charge on any atom is -0.495 e. The molecule has 4 N–H and O–H groups in total. The van der Waals surface area contributed by atoms with Crippen LogP contribution in [0.5, 0.6) is 23.0 Å². The molecule has 2 atom stereocenters. The fraction of sp³-hybridized carbons (Fsp3) is 0.304. The Morgan fingerprint density at radius 2 is 1.64 bits per heavy atom. The summed E-state index contributed by atoms with van der Waals surface area (Å²) in [6.07, 6.45) is 0.755. The number of nitrogens with one attached hydrogen (secondary N) is 1. The smallest absolute Gasteiger partial charge is 0.244 e. The first-order chi connectivity index (χ1) is 15.8. The Morgan fingerprint density at radius 3 is 2.18 bits per heavy atom. The molecule has 3 aromatic rings. The average molecular weight is 474 g/mol. The lowest BCUT2D eigenvalue weighted by atomic mass is 10.0. The quantitative estimate of drug-likeness (QED) is 0.433. The SMILES string of the molecule is COc1ccc(-c2cnsc2-c2cc(OC)c(OC)c(OC)c2)cc1NC(=O)C(N)C(C)O. The number of ether oxygens (including phenoxy) is 4. The van der Waals surface area contributed by atoms with Crippen molar-refractivity contribution in [1.82, 2.24) is 4.37 Å². The Morgan fingerprint density at radius 1 is 1.00 bits per heavy atom. The molecule has 2 aromatic carbocycles. The van der Waals surface area contributed by atoms with Gasteiger partial charge in [-0.05, 0) is 48.3 Å². The number of hydrogen-bond acceptors (Lipinski definition) is 9. The lowest BCUT2D eigenvalue weighted by Crippen LogP contribution is -2.43. The van der Waals surface area contributed by atoms with Crippen molar-refractivity contribution in [2.75, 3.05) is 33.8 Å². The first-order valence-corrected chi connectivity index (χ1v) is 10.8. The summed E-state index contributed by atoms with van der Waals surface area (Å²) in [5.74, 6) is 1.50. The van der Waals surface area contributed by atoms with Crippen LogP contribution < -0.4 is 30.0 Å². The molecule has 10 heteroatoms. The number of amides is 1. The fourth-order valence-electron chi connectivity index (χ4n) is 3.27. The Hall–Kier alpha value is -3.34. The Kier molecular flexibility index (Phi) is 7.75. The van der Waals surface area contributed by atoms with E-state index in [1.54, 1.807) is 39.7 Å². The summed E-state index contributed by atoms with van der Waals surface area (Å²) in [6, 6.07) is 8.02. The van der Waals surface area contributed by atoms with Crippen LogP contribution in [0.1, 0.15) is 6.92 Å². The van der Waals surface area contributed by atoms with Gasteiger partial charge in [-0.1, -0.05) is 6.07 Å². The highest BCUT2D eigenvalue weighted by molar-refractivity contribution is 7.10. The van der Waals surface area contributed by atoms with E-state index in [0.717, 1.165) is 21.6 Å². The fourth-order valence-corrected chi connectivity index (χ4v) is 4.03. The summed E-state index contributed by atoms with van der Waals surface area (Å²) in [5.41, 5.74) is 8.67. The summed E-state index contributed by atoms with van der Waals surface area (Å²) in [6.45, 7) is 1.46. The second-order valence-electron chi connectivity index (χ2n) is 7.15. The second kappa shape index (κ2) is 10.5. The normalized spacial score (nSPS) is 12.6. The summed E-state index contributed by atoms with van der Waals surface area (Å²) < 4.78 is 26.1. The average Bonchev–Trinajstić information content (AvgIpc) is 3.32. The van der Waals surface area contributed by atoms with Gasteiger partial charge in [0.15, 0.2) is 11.5 Å². The van der Waals surface area contributed by atoms with Gasteiger partial charge < -0.3 is 35.1 Å². The number of nitrogens with two attached hydrogens (primary N) is 1. The molecule has 0 fully saturated rings. The van der Waals surface area contributed by atoms with Crippen LogP contribution in [0.3, 0.4) is 0 Å². The number of hydrogen-bond donors (Lipinski definition) is 3. The molecule has 0 radical (unpaired) electrons. The van der Waals surface area contributed by atoms with Gasteiger partial charge in [0, 0.05) is 17.3 Å². The first-order valence-electron chi connectivity index (χ1n) is 10.0. The third kappa shape index (κ3) is 5.03. The van der Waals surface area contributed by atoms with Crippen molar-refractivity contribution in [3.63, 3.8) is 0 Å². The van der Waals surface area contributed by atoms with E-state index < -0.39 is 18.1 Å². The van der Waals surface area contributed by atoms with Crippen molar-refractivity contribution < 1.29 is 28.8 Å². The van der Waals surface area contributed by atoms with Gasteiger partial charge in [-0.15, -0.1) is 0 Å². The summed E-state index contributed by atoms with van der Waals surface area (Å²) in [5, 5.41) is 12.4. The number of methoxy groups -OCH3 is 4. The Labute approximate surface area is 196 Å². The number of benzene rings is 2. The van der Waals surface area contributed by atoms with E-state index in [4.69, 9.17) is 24.7 Å². The number of carbonyl (C=O) groups excluding carboxylic acids is 1. The predicted octanol–water partition coefficient (Wildman–Crippen LogP) is 3.16. The number of carbonyl (C=O) groups is 1. The molecule has 2 unspecified atom stereocenters. The summed E-state index contributed by atoms with van der Waals surface area (Å²) in [7, 11) is 6.18. The number of nitrogens with zero attached hydrogens (tertiary/aromatic N) is 1. The third-order valence-electron chi connectivity index (χ3n) is 5.09. The van der Waals surface area contributed by atoms with E-state index >= 15 is 0 Å². The van der Waals surface area contributed by atoms with Crippen LogP contribution in [-0.4, -0.2) is 56.0 Å². The zero-order valence-corrected chi connectivity index (χ0v) is 19.9. The van der Waals surface area contributed by atoms with Crippen molar-refractivity contribution in [3.8, 4) is 44.6 Å². The number of aliphatic hydroxyl groups is 1. The highest BCUT2D eigenvalue weighted by Gasteiger charge is 2.22. The zero-order chi connectivity index (χ0) is 24.1. The zero-order valence-electron chi connectivity index (χ0n) is 19.0. The molecule has 1 heterocycles. The lowest BCUT2D eigenvalue weighted by molar-refractivity contribution is -0.119. The van der Waals surface area contributed by atoms with Crippen LogP contribution in [0, 0.1) is 0 Å². The summed E-state index contributed by atoms with van der Waals surface area (Å²) in [4.78, 5) is 13.3. The molecular weight excluding hydrogens is 446 g/mol. The molecule has 33 heavy (non-hydrogen) atoms. The molecule has 3 rings (SSSR count). The lowest BCUT2D eigenvalue weighted by Gasteiger charge is -2.17. The van der Waals surface area contributed by atoms with Crippen molar-refractivity contribution in [1.29, 1.82) is 0 Å². The van der Waals surface area contributed by atoms with Gasteiger partial charge in [-0.3, -0.25) is 4.79 Å². The van der Waals surface area contributed by atoms with Gasteiger partial charge in [0.25, 0.3) is 0 Å². The van der Waals surface area contributed by atoms with E-state index in [1.807, 2.05) is 18.2 Å². The Bertz CT molecular complexity index is 1110.